The summed E-state index contributed by atoms with van der Waals surface area (Å²) in [7, 11) is 0. The van der Waals surface area contributed by atoms with Gasteiger partial charge in [-0.3, -0.25) is 4.79 Å². The SMILES string of the molecule is CC(=O)O[C@@H]1C=CC[C@H](O)[C@H]1CO. The van der Waals surface area contributed by atoms with Crippen LogP contribution in [-0.4, -0.2) is 35.0 Å². The molecule has 1 aliphatic rings. The molecule has 13 heavy (non-hydrogen) atoms. The molecule has 0 radical (unpaired) electrons. The van der Waals surface area contributed by atoms with Gasteiger partial charge in [-0.15, -0.1) is 0 Å². The smallest absolute Gasteiger partial charge is 0.303 e. The highest BCUT2D eigenvalue weighted by Crippen LogP contribution is 2.21. The Morgan fingerprint density at radius 1 is 1.69 bits per heavy atom. The molecule has 3 atom stereocenters. The van der Waals surface area contributed by atoms with E-state index < -0.39 is 24.1 Å². The van der Waals surface area contributed by atoms with Crippen molar-refractivity contribution in [1.82, 2.24) is 0 Å². The summed E-state index contributed by atoms with van der Waals surface area (Å²) in [5, 5.41) is 18.4. The molecular formula is C9H14O4. The summed E-state index contributed by atoms with van der Waals surface area (Å²) in [6.45, 7) is 1.13. The minimum absolute atomic E-state index is 0.177. The highest BCUT2D eigenvalue weighted by molar-refractivity contribution is 5.66. The summed E-state index contributed by atoms with van der Waals surface area (Å²) < 4.78 is 4.92. The number of aliphatic hydroxyl groups is 2. The number of esters is 1. The first kappa shape index (κ1) is 10.2. The Labute approximate surface area is 76.8 Å². The maximum Gasteiger partial charge on any atom is 0.303 e. The van der Waals surface area contributed by atoms with E-state index in [1.54, 1.807) is 12.2 Å². The van der Waals surface area contributed by atoms with Crippen LogP contribution in [0, 0.1) is 5.92 Å². The molecule has 4 nitrogen and oxygen atoms in total. The third-order valence-corrected chi connectivity index (χ3v) is 2.13. The van der Waals surface area contributed by atoms with E-state index in [9.17, 15) is 9.90 Å². The average molecular weight is 186 g/mol. The highest BCUT2D eigenvalue weighted by atomic mass is 16.5. The number of aliphatic hydroxyl groups excluding tert-OH is 2. The minimum atomic E-state index is -0.626. The predicted molar refractivity (Wildman–Crippen MR) is 45.9 cm³/mol. The van der Waals surface area contributed by atoms with Gasteiger partial charge in [0, 0.05) is 12.8 Å². The van der Waals surface area contributed by atoms with E-state index in [0.717, 1.165) is 0 Å². The van der Waals surface area contributed by atoms with Crippen molar-refractivity contribution < 1.29 is 19.7 Å². The molecule has 2 N–H and O–H groups in total. The van der Waals surface area contributed by atoms with Crippen LogP contribution in [0.2, 0.25) is 0 Å². The van der Waals surface area contributed by atoms with Gasteiger partial charge >= 0.3 is 5.97 Å². The van der Waals surface area contributed by atoms with E-state index in [0.29, 0.717) is 6.42 Å². The Balaban J connectivity index is 2.63. The molecule has 0 unspecified atom stereocenters. The van der Waals surface area contributed by atoms with Crippen LogP contribution in [0.4, 0.5) is 0 Å². The van der Waals surface area contributed by atoms with Gasteiger partial charge in [0.2, 0.25) is 0 Å². The van der Waals surface area contributed by atoms with Gasteiger partial charge in [-0.05, 0) is 12.5 Å². The van der Waals surface area contributed by atoms with Crippen LogP contribution in [0.5, 0.6) is 0 Å². The largest absolute Gasteiger partial charge is 0.458 e. The molecule has 0 aromatic carbocycles. The van der Waals surface area contributed by atoms with Gasteiger partial charge in [0.05, 0.1) is 12.7 Å². The van der Waals surface area contributed by atoms with Crippen molar-refractivity contribution in [1.29, 1.82) is 0 Å². The second kappa shape index (κ2) is 4.39. The topological polar surface area (TPSA) is 66.8 Å². The number of carbonyl (C=O) groups excluding carboxylic acids is 1. The summed E-state index contributed by atoms with van der Waals surface area (Å²) in [6, 6.07) is 0. The minimum Gasteiger partial charge on any atom is -0.458 e. The molecule has 0 aromatic rings. The molecule has 0 spiro atoms. The zero-order valence-corrected chi connectivity index (χ0v) is 7.51. The number of rotatable bonds is 2. The Morgan fingerprint density at radius 3 is 2.92 bits per heavy atom. The number of ether oxygens (including phenoxy) is 1. The van der Waals surface area contributed by atoms with E-state index in [-0.39, 0.29) is 6.61 Å². The second-order valence-corrected chi connectivity index (χ2v) is 3.15. The zero-order chi connectivity index (χ0) is 9.84. The average Bonchev–Trinajstić information content (AvgIpc) is 2.03. The molecule has 0 heterocycles. The Kier molecular flexibility index (Phi) is 3.45. The van der Waals surface area contributed by atoms with Gasteiger partial charge < -0.3 is 14.9 Å². The van der Waals surface area contributed by atoms with Crippen LogP contribution in [0.3, 0.4) is 0 Å². The van der Waals surface area contributed by atoms with Crippen LogP contribution < -0.4 is 0 Å². The maximum atomic E-state index is 10.7. The third kappa shape index (κ3) is 2.54. The summed E-state index contributed by atoms with van der Waals surface area (Å²) in [4.78, 5) is 10.7. The first-order chi connectivity index (χ1) is 6.15. The fourth-order valence-corrected chi connectivity index (χ4v) is 1.43. The van der Waals surface area contributed by atoms with Crippen molar-refractivity contribution in [3.63, 3.8) is 0 Å². The van der Waals surface area contributed by atoms with Crippen LogP contribution in [0.1, 0.15) is 13.3 Å². The molecule has 0 saturated carbocycles. The van der Waals surface area contributed by atoms with E-state index in [4.69, 9.17) is 9.84 Å². The molecule has 0 bridgehead atoms. The Morgan fingerprint density at radius 2 is 2.38 bits per heavy atom. The lowest BCUT2D eigenvalue weighted by molar-refractivity contribution is -0.149. The third-order valence-electron chi connectivity index (χ3n) is 2.13. The molecule has 1 rings (SSSR count). The predicted octanol–water partition coefficient (Wildman–Crippen LogP) is -0.153. The summed E-state index contributed by atoms with van der Waals surface area (Å²) >= 11 is 0. The highest BCUT2D eigenvalue weighted by Gasteiger charge is 2.30. The van der Waals surface area contributed by atoms with E-state index in [1.165, 1.54) is 6.92 Å². The van der Waals surface area contributed by atoms with Crippen LogP contribution in [0.25, 0.3) is 0 Å². The van der Waals surface area contributed by atoms with Crippen molar-refractivity contribution in [2.45, 2.75) is 25.6 Å². The molecule has 0 fully saturated rings. The van der Waals surface area contributed by atoms with E-state index in [1.807, 2.05) is 0 Å². The quantitative estimate of drug-likeness (QED) is 0.465. The molecular weight excluding hydrogens is 172 g/mol. The molecule has 0 amide bonds. The molecule has 0 saturated heterocycles. The number of hydrogen-bond donors (Lipinski definition) is 2. The van der Waals surface area contributed by atoms with Gasteiger partial charge in [-0.25, -0.2) is 0 Å². The summed E-state index contributed by atoms with van der Waals surface area (Å²) in [5.74, 6) is -0.795. The zero-order valence-electron chi connectivity index (χ0n) is 7.51. The van der Waals surface area contributed by atoms with Crippen molar-refractivity contribution in [3.05, 3.63) is 12.2 Å². The first-order valence-electron chi connectivity index (χ1n) is 4.28. The maximum absolute atomic E-state index is 10.7. The fourth-order valence-electron chi connectivity index (χ4n) is 1.43. The lowest BCUT2D eigenvalue weighted by atomic mass is 9.89. The lowest BCUT2D eigenvalue weighted by Crippen LogP contribution is -2.38. The summed E-state index contributed by atoms with van der Waals surface area (Å²) in [6.07, 6.45) is 2.84. The summed E-state index contributed by atoms with van der Waals surface area (Å²) in [5.41, 5.74) is 0. The van der Waals surface area contributed by atoms with E-state index in [2.05, 4.69) is 0 Å². The molecule has 0 aliphatic heterocycles. The van der Waals surface area contributed by atoms with Crippen molar-refractivity contribution in [3.8, 4) is 0 Å². The van der Waals surface area contributed by atoms with E-state index >= 15 is 0 Å². The number of carbonyl (C=O) groups is 1. The monoisotopic (exact) mass is 186 g/mol. The van der Waals surface area contributed by atoms with Gasteiger partial charge in [-0.2, -0.15) is 0 Å². The van der Waals surface area contributed by atoms with Crippen molar-refractivity contribution >= 4 is 5.97 Å². The van der Waals surface area contributed by atoms with Gasteiger partial charge in [0.1, 0.15) is 6.10 Å². The second-order valence-electron chi connectivity index (χ2n) is 3.15. The molecule has 4 heteroatoms. The Hall–Kier alpha value is -0.870. The molecule has 0 aromatic heterocycles. The van der Waals surface area contributed by atoms with Gasteiger partial charge in [0.15, 0.2) is 0 Å². The van der Waals surface area contributed by atoms with Crippen molar-refractivity contribution in [2.24, 2.45) is 5.92 Å². The van der Waals surface area contributed by atoms with Gasteiger partial charge in [-0.1, -0.05) is 6.08 Å². The van der Waals surface area contributed by atoms with Crippen LogP contribution in [0.15, 0.2) is 12.2 Å². The normalized spacial score (nSPS) is 33.0. The van der Waals surface area contributed by atoms with Crippen molar-refractivity contribution in [2.75, 3.05) is 6.61 Å². The van der Waals surface area contributed by atoms with Gasteiger partial charge in [0.25, 0.3) is 0 Å². The standard InChI is InChI=1S/C9H14O4/c1-6(11)13-9-4-2-3-8(12)7(9)5-10/h2,4,7-10,12H,3,5H2,1H3/t7-,8+,9-/m1/s1. The first-order valence-corrected chi connectivity index (χ1v) is 4.28. The molecule has 74 valence electrons. The van der Waals surface area contributed by atoms with Crippen LogP contribution >= 0.6 is 0 Å². The number of hydrogen-bond acceptors (Lipinski definition) is 4. The lowest BCUT2D eigenvalue weighted by Gasteiger charge is -2.29. The molecule has 1 aliphatic carbocycles. The fraction of sp³-hybridized carbons (Fsp3) is 0.667. The Bertz CT molecular complexity index is 212. The van der Waals surface area contributed by atoms with Crippen LogP contribution in [-0.2, 0) is 9.53 Å².